The molecule has 0 amide bonds. The minimum Gasteiger partial charge on any atom is -0.465 e. The third-order valence-corrected chi connectivity index (χ3v) is 1.64. The number of ketones is 1. The van der Waals surface area contributed by atoms with E-state index < -0.39 is 11.9 Å². The molecular formula is C9H16O3. The summed E-state index contributed by atoms with van der Waals surface area (Å²) in [7, 11) is 0. The van der Waals surface area contributed by atoms with Gasteiger partial charge in [0.1, 0.15) is 11.7 Å². The van der Waals surface area contributed by atoms with Crippen molar-refractivity contribution in [2.45, 2.75) is 27.7 Å². The third kappa shape index (κ3) is 3.03. The number of rotatable bonds is 4. The van der Waals surface area contributed by atoms with Gasteiger partial charge in [0.05, 0.1) is 6.61 Å². The van der Waals surface area contributed by atoms with Crippen molar-refractivity contribution in [3.8, 4) is 0 Å². The highest BCUT2D eigenvalue weighted by Crippen LogP contribution is 2.07. The van der Waals surface area contributed by atoms with Crippen LogP contribution in [0.4, 0.5) is 0 Å². The van der Waals surface area contributed by atoms with Gasteiger partial charge in [0.25, 0.3) is 0 Å². The molecule has 0 aromatic heterocycles. The number of ether oxygens (including phenoxy) is 1. The van der Waals surface area contributed by atoms with Gasteiger partial charge in [0.2, 0.25) is 0 Å². The average Bonchev–Trinajstić information content (AvgIpc) is 2.02. The van der Waals surface area contributed by atoms with Gasteiger partial charge in [-0.2, -0.15) is 0 Å². The molecular weight excluding hydrogens is 156 g/mol. The Balaban J connectivity index is 4.10. The number of hydrogen-bond donors (Lipinski definition) is 0. The molecule has 0 aliphatic rings. The second kappa shape index (κ2) is 4.91. The van der Waals surface area contributed by atoms with Crippen molar-refractivity contribution in [2.75, 3.05) is 6.61 Å². The molecule has 0 aromatic carbocycles. The van der Waals surface area contributed by atoms with E-state index in [-0.39, 0.29) is 11.7 Å². The van der Waals surface area contributed by atoms with Crippen LogP contribution in [0, 0.1) is 11.8 Å². The Hall–Kier alpha value is -0.860. The van der Waals surface area contributed by atoms with Gasteiger partial charge in [0, 0.05) is 5.92 Å². The standard InChI is InChI=1S/C9H16O3/c1-5-12-9(11)7(4)8(10)6(2)3/h6-7H,5H2,1-4H3. The van der Waals surface area contributed by atoms with Crippen molar-refractivity contribution in [1.82, 2.24) is 0 Å². The van der Waals surface area contributed by atoms with Gasteiger partial charge in [-0.25, -0.2) is 0 Å². The van der Waals surface area contributed by atoms with Crippen LogP contribution in [-0.4, -0.2) is 18.4 Å². The molecule has 1 unspecified atom stereocenters. The van der Waals surface area contributed by atoms with E-state index in [0.717, 1.165) is 0 Å². The van der Waals surface area contributed by atoms with Crippen LogP contribution in [0.25, 0.3) is 0 Å². The summed E-state index contributed by atoms with van der Waals surface area (Å²) >= 11 is 0. The van der Waals surface area contributed by atoms with Gasteiger partial charge in [-0.15, -0.1) is 0 Å². The molecule has 0 heterocycles. The predicted molar refractivity (Wildman–Crippen MR) is 45.6 cm³/mol. The van der Waals surface area contributed by atoms with Gasteiger partial charge in [-0.1, -0.05) is 13.8 Å². The Morgan fingerprint density at radius 2 is 1.75 bits per heavy atom. The van der Waals surface area contributed by atoms with Crippen LogP contribution in [0.2, 0.25) is 0 Å². The molecule has 0 aromatic rings. The van der Waals surface area contributed by atoms with Crippen LogP contribution in [0.1, 0.15) is 27.7 Å². The van der Waals surface area contributed by atoms with E-state index in [4.69, 9.17) is 4.74 Å². The summed E-state index contributed by atoms with van der Waals surface area (Å²) < 4.78 is 4.72. The molecule has 0 rings (SSSR count). The van der Waals surface area contributed by atoms with E-state index in [1.165, 1.54) is 0 Å². The molecule has 0 aliphatic carbocycles. The highest BCUT2D eigenvalue weighted by Gasteiger charge is 2.24. The summed E-state index contributed by atoms with van der Waals surface area (Å²) in [6.45, 7) is 7.19. The highest BCUT2D eigenvalue weighted by molar-refractivity contribution is 5.99. The zero-order chi connectivity index (χ0) is 9.72. The summed E-state index contributed by atoms with van der Waals surface area (Å²) in [5.74, 6) is -1.21. The molecule has 0 spiro atoms. The maximum atomic E-state index is 11.3. The van der Waals surface area contributed by atoms with Crippen molar-refractivity contribution in [3.05, 3.63) is 0 Å². The normalized spacial score (nSPS) is 12.8. The molecule has 0 bridgehead atoms. The largest absolute Gasteiger partial charge is 0.465 e. The first-order valence-corrected chi connectivity index (χ1v) is 4.21. The molecule has 0 radical (unpaired) electrons. The number of carbonyl (C=O) groups excluding carboxylic acids is 2. The summed E-state index contributed by atoms with van der Waals surface area (Å²) in [6.07, 6.45) is 0. The maximum Gasteiger partial charge on any atom is 0.316 e. The minimum absolute atomic E-state index is 0.0616. The van der Waals surface area contributed by atoms with Crippen LogP contribution in [0.15, 0.2) is 0 Å². The zero-order valence-corrected chi connectivity index (χ0v) is 8.09. The zero-order valence-electron chi connectivity index (χ0n) is 8.09. The van der Waals surface area contributed by atoms with Gasteiger partial charge < -0.3 is 4.74 Å². The Labute approximate surface area is 73.1 Å². The van der Waals surface area contributed by atoms with E-state index in [1.54, 1.807) is 27.7 Å². The Morgan fingerprint density at radius 3 is 2.08 bits per heavy atom. The fourth-order valence-corrected chi connectivity index (χ4v) is 0.883. The van der Waals surface area contributed by atoms with Crippen LogP contribution in [0.5, 0.6) is 0 Å². The molecule has 0 fully saturated rings. The molecule has 1 atom stereocenters. The lowest BCUT2D eigenvalue weighted by atomic mass is 9.97. The van der Waals surface area contributed by atoms with Gasteiger partial charge in [-0.3, -0.25) is 9.59 Å². The quantitative estimate of drug-likeness (QED) is 0.475. The molecule has 0 aliphatic heterocycles. The van der Waals surface area contributed by atoms with Crippen LogP contribution >= 0.6 is 0 Å². The molecule has 0 saturated carbocycles. The average molecular weight is 172 g/mol. The molecule has 70 valence electrons. The topological polar surface area (TPSA) is 43.4 Å². The SMILES string of the molecule is CCOC(=O)C(C)C(=O)C(C)C. The smallest absolute Gasteiger partial charge is 0.316 e. The number of Topliss-reactive ketones (excluding diaryl/α,β-unsaturated/α-hetero) is 1. The monoisotopic (exact) mass is 172 g/mol. The maximum absolute atomic E-state index is 11.3. The Bertz CT molecular complexity index is 173. The van der Waals surface area contributed by atoms with Crippen molar-refractivity contribution < 1.29 is 14.3 Å². The molecule has 0 saturated heterocycles. The van der Waals surface area contributed by atoms with E-state index in [0.29, 0.717) is 6.61 Å². The fourth-order valence-electron chi connectivity index (χ4n) is 0.883. The van der Waals surface area contributed by atoms with Gasteiger partial charge >= 0.3 is 5.97 Å². The summed E-state index contributed by atoms with van der Waals surface area (Å²) in [5, 5.41) is 0. The lowest BCUT2D eigenvalue weighted by Gasteiger charge is -2.11. The van der Waals surface area contributed by atoms with E-state index >= 15 is 0 Å². The van der Waals surface area contributed by atoms with Crippen LogP contribution < -0.4 is 0 Å². The minimum atomic E-state index is -0.620. The summed E-state index contributed by atoms with van der Waals surface area (Å²) in [4.78, 5) is 22.3. The van der Waals surface area contributed by atoms with Gasteiger partial charge in [-0.05, 0) is 13.8 Å². The first-order chi connectivity index (χ1) is 5.50. The van der Waals surface area contributed by atoms with Crippen molar-refractivity contribution >= 4 is 11.8 Å². The number of carbonyl (C=O) groups is 2. The van der Waals surface area contributed by atoms with Crippen molar-refractivity contribution in [3.63, 3.8) is 0 Å². The predicted octanol–water partition coefficient (Wildman–Crippen LogP) is 1.41. The summed E-state index contributed by atoms with van der Waals surface area (Å²) in [6, 6.07) is 0. The number of esters is 1. The first kappa shape index (κ1) is 11.1. The Morgan fingerprint density at radius 1 is 1.25 bits per heavy atom. The van der Waals surface area contributed by atoms with Gasteiger partial charge in [0.15, 0.2) is 0 Å². The van der Waals surface area contributed by atoms with Crippen molar-refractivity contribution in [2.24, 2.45) is 11.8 Å². The van der Waals surface area contributed by atoms with E-state index in [1.807, 2.05) is 0 Å². The Kier molecular flexibility index (Phi) is 4.55. The molecule has 3 nitrogen and oxygen atoms in total. The number of hydrogen-bond acceptors (Lipinski definition) is 3. The van der Waals surface area contributed by atoms with Crippen molar-refractivity contribution in [1.29, 1.82) is 0 Å². The summed E-state index contributed by atoms with van der Waals surface area (Å²) in [5.41, 5.74) is 0. The third-order valence-electron chi connectivity index (χ3n) is 1.64. The lowest BCUT2D eigenvalue weighted by molar-refractivity contribution is -0.151. The molecule has 12 heavy (non-hydrogen) atoms. The second-order valence-electron chi connectivity index (χ2n) is 3.03. The van der Waals surface area contributed by atoms with Crippen LogP contribution in [0.3, 0.4) is 0 Å². The highest BCUT2D eigenvalue weighted by atomic mass is 16.5. The first-order valence-electron chi connectivity index (χ1n) is 4.21. The van der Waals surface area contributed by atoms with Crippen LogP contribution in [-0.2, 0) is 14.3 Å². The second-order valence-corrected chi connectivity index (χ2v) is 3.03. The fraction of sp³-hybridized carbons (Fsp3) is 0.778. The lowest BCUT2D eigenvalue weighted by Crippen LogP contribution is -2.26. The molecule has 0 N–H and O–H groups in total. The molecule has 3 heteroatoms. The van der Waals surface area contributed by atoms with E-state index in [2.05, 4.69) is 0 Å². The van der Waals surface area contributed by atoms with E-state index in [9.17, 15) is 9.59 Å².